The number of amides is 1. The van der Waals surface area contributed by atoms with Crippen molar-refractivity contribution in [3.8, 4) is 0 Å². The standard InChI is InChI=1S/C24H37NO5S/c1-17(2)8-6-9-18(3)10-7-11-19(4)12-15-31-16-20(21(26)27)25-22(28)24(13-14-24)23(29)30-5/h8,10,12,20H,6-7,9,11,13-16H2,1-5H3,(H,25,28)(H,26,27)/b18-10+,19-12+/t20-/m0/s1. The summed E-state index contributed by atoms with van der Waals surface area (Å²) < 4.78 is 4.67. The van der Waals surface area contributed by atoms with Crippen molar-refractivity contribution in [1.82, 2.24) is 5.32 Å². The molecule has 1 aliphatic rings. The van der Waals surface area contributed by atoms with Gasteiger partial charge in [0.2, 0.25) is 5.91 Å². The van der Waals surface area contributed by atoms with E-state index in [2.05, 4.69) is 56.0 Å². The summed E-state index contributed by atoms with van der Waals surface area (Å²) in [6.07, 6.45) is 11.6. The van der Waals surface area contributed by atoms with E-state index in [1.807, 2.05) is 0 Å². The first-order chi connectivity index (χ1) is 14.6. The van der Waals surface area contributed by atoms with Gasteiger partial charge in [-0.1, -0.05) is 34.9 Å². The predicted octanol–water partition coefficient (Wildman–Crippen LogP) is 4.66. The van der Waals surface area contributed by atoms with Gasteiger partial charge < -0.3 is 15.2 Å². The van der Waals surface area contributed by atoms with Crippen LogP contribution in [0.15, 0.2) is 34.9 Å². The van der Waals surface area contributed by atoms with E-state index >= 15 is 0 Å². The van der Waals surface area contributed by atoms with Crippen LogP contribution < -0.4 is 5.32 Å². The minimum absolute atomic E-state index is 0.242. The van der Waals surface area contributed by atoms with E-state index in [9.17, 15) is 19.5 Å². The Bertz CT molecular complexity index is 730. The van der Waals surface area contributed by atoms with Gasteiger partial charge in [-0.2, -0.15) is 11.8 Å². The summed E-state index contributed by atoms with van der Waals surface area (Å²) in [5.41, 5.74) is 2.82. The summed E-state index contributed by atoms with van der Waals surface area (Å²) >= 11 is 1.45. The van der Waals surface area contributed by atoms with E-state index in [-0.39, 0.29) is 5.75 Å². The Kier molecular flexibility index (Phi) is 11.7. The van der Waals surface area contributed by atoms with Crippen LogP contribution in [0.5, 0.6) is 0 Å². The molecular formula is C24H37NO5S. The van der Waals surface area contributed by atoms with Gasteiger partial charge >= 0.3 is 11.9 Å². The van der Waals surface area contributed by atoms with Crippen LogP contribution in [-0.2, 0) is 19.1 Å². The van der Waals surface area contributed by atoms with Gasteiger partial charge in [0.05, 0.1) is 7.11 Å². The van der Waals surface area contributed by atoms with E-state index in [0.29, 0.717) is 18.6 Å². The Morgan fingerprint density at radius 1 is 1.03 bits per heavy atom. The number of methoxy groups -OCH3 is 1. The SMILES string of the molecule is COC(=O)C1(C(=O)N[C@@H](CSC/C=C(\C)CC/C=C(\C)CCC=C(C)C)C(=O)O)CC1. The van der Waals surface area contributed by atoms with Crippen LogP contribution in [0.1, 0.15) is 66.2 Å². The van der Waals surface area contributed by atoms with E-state index in [0.717, 1.165) is 25.7 Å². The van der Waals surface area contributed by atoms with Crippen molar-refractivity contribution in [2.75, 3.05) is 18.6 Å². The third-order valence-corrected chi connectivity index (χ3v) is 6.29. The number of carboxylic acid groups (broad SMARTS) is 1. The van der Waals surface area contributed by atoms with Crippen LogP contribution >= 0.6 is 11.8 Å². The highest BCUT2D eigenvalue weighted by molar-refractivity contribution is 7.99. The second kappa shape index (κ2) is 13.4. The number of nitrogens with one attached hydrogen (secondary N) is 1. The first kappa shape index (κ1) is 27.0. The number of thioether (sulfide) groups is 1. The lowest BCUT2D eigenvalue weighted by Crippen LogP contribution is -2.48. The Labute approximate surface area is 190 Å². The van der Waals surface area contributed by atoms with Gasteiger partial charge in [-0.3, -0.25) is 9.59 Å². The maximum atomic E-state index is 12.4. The fraction of sp³-hybridized carbons (Fsp3) is 0.625. The number of carbonyl (C=O) groups is 3. The third kappa shape index (κ3) is 9.76. The monoisotopic (exact) mass is 451 g/mol. The van der Waals surface area contributed by atoms with Gasteiger partial charge in [0, 0.05) is 11.5 Å². The van der Waals surface area contributed by atoms with E-state index in [1.165, 1.54) is 35.6 Å². The van der Waals surface area contributed by atoms with Gasteiger partial charge in [-0.25, -0.2) is 4.79 Å². The molecule has 1 saturated carbocycles. The van der Waals surface area contributed by atoms with Crippen molar-refractivity contribution in [2.45, 2.75) is 72.3 Å². The van der Waals surface area contributed by atoms with E-state index < -0.39 is 29.3 Å². The molecule has 0 aromatic rings. The number of esters is 1. The lowest BCUT2D eigenvalue weighted by atomic mass is 10.1. The van der Waals surface area contributed by atoms with E-state index in [4.69, 9.17) is 0 Å². The average molecular weight is 452 g/mol. The lowest BCUT2D eigenvalue weighted by molar-refractivity contribution is -0.153. The Balaban J connectivity index is 2.38. The van der Waals surface area contributed by atoms with Crippen LogP contribution in [0.2, 0.25) is 0 Å². The fourth-order valence-corrected chi connectivity index (χ4v) is 4.04. The highest BCUT2D eigenvalue weighted by Gasteiger charge is 2.58. The molecule has 0 spiro atoms. The van der Waals surface area contributed by atoms with Gasteiger partial charge in [0.15, 0.2) is 0 Å². The molecule has 7 heteroatoms. The molecule has 0 saturated heterocycles. The Morgan fingerprint density at radius 2 is 1.61 bits per heavy atom. The largest absolute Gasteiger partial charge is 0.480 e. The molecule has 1 aliphatic carbocycles. The zero-order valence-electron chi connectivity index (χ0n) is 19.5. The van der Waals surface area contributed by atoms with Crippen molar-refractivity contribution in [1.29, 1.82) is 0 Å². The molecule has 0 aromatic carbocycles. The molecule has 0 aliphatic heterocycles. The topological polar surface area (TPSA) is 92.7 Å². The maximum absolute atomic E-state index is 12.4. The van der Waals surface area contributed by atoms with Gasteiger partial charge in [0.1, 0.15) is 11.5 Å². The summed E-state index contributed by atoms with van der Waals surface area (Å²) in [6, 6.07) is -1.03. The number of hydrogen-bond donors (Lipinski definition) is 2. The molecule has 2 N–H and O–H groups in total. The highest BCUT2D eigenvalue weighted by atomic mass is 32.2. The van der Waals surface area contributed by atoms with Gasteiger partial charge in [-0.05, 0) is 66.2 Å². The number of carbonyl (C=O) groups excluding carboxylic acids is 2. The van der Waals surface area contributed by atoms with Crippen LogP contribution in [0, 0.1) is 5.41 Å². The molecule has 1 atom stereocenters. The molecule has 1 fully saturated rings. The molecule has 6 nitrogen and oxygen atoms in total. The van der Waals surface area contributed by atoms with Gasteiger partial charge in [0.25, 0.3) is 0 Å². The van der Waals surface area contributed by atoms with Crippen molar-refractivity contribution < 1.29 is 24.2 Å². The number of aliphatic carboxylic acids is 1. The maximum Gasteiger partial charge on any atom is 0.327 e. The molecule has 1 rings (SSSR count). The highest BCUT2D eigenvalue weighted by Crippen LogP contribution is 2.47. The molecule has 0 radical (unpaired) electrons. The van der Waals surface area contributed by atoms with Crippen molar-refractivity contribution in [3.05, 3.63) is 34.9 Å². The number of rotatable bonds is 14. The summed E-state index contributed by atoms with van der Waals surface area (Å²) in [5, 5.41) is 11.9. The molecule has 0 bridgehead atoms. The number of allylic oxidation sites excluding steroid dienone is 5. The van der Waals surface area contributed by atoms with E-state index in [1.54, 1.807) is 0 Å². The summed E-state index contributed by atoms with van der Waals surface area (Å²) in [7, 11) is 1.23. The van der Waals surface area contributed by atoms with Crippen LogP contribution in [-0.4, -0.2) is 47.6 Å². The zero-order chi connectivity index (χ0) is 23.4. The number of carboxylic acids is 1. The van der Waals surface area contributed by atoms with Crippen LogP contribution in [0.4, 0.5) is 0 Å². The summed E-state index contributed by atoms with van der Waals surface area (Å²) in [4.78, 5) is 35.6. The molecular weight excluding hydrogens is 414 g/mol. The lowest BCUT2D eigenvalue weighted by Gasteiger charge is -2.18. The van der Waals surface area contributed by atoms with Crippen molar-refractivity contribution >= 4 is 29.6 Å². The van der Waals surface area contributed by atoms with Crippen LogP contribution in [0.25, 0.3) is 0 Å². The van der Waals surface area contributed by atoms with Crippen molar-refractivity contribution in [3.63, 3.8) is 0 Å². The third-order valence-electron chi connectivity index (χ3n) is 5.32. The second-order valence-electron chi connectivity index (χ2n) is 8.44. The molecule has 1 amide bonds. The zero-order valence-corrected chi connectivity index (χ0v) is 20.3. The van der Waals surface area contributed by atoms with Crippen molar-refractivity contribution in [2.24, 2.45) is 5.41 Å². The number of hydrogen-bond acceptors (Lipinski definition) is 5. The normalized spacial score (nSPS) is 16.3. The minimum atomic E-state index is -1.19. The summed E-state index contributed by atoms with van der Waals surface area (Å²) in [5.74, 6) is -1.33. The fourth-order valence-electron chi connectivity index (χ4n) is 3.04. The predicted molar refractivity (Wildman–Crippen MR) is 126 cm³/mol. The second-order valence-corrected chi connectivity index (χ2v) is 9.51. The average Bonchev–Trinajstić information content (AvgIpc) is 3.51. The first-order valence-corrected chi connectivity index (χ1v) is 11.9. The molecule has 0 unspecified atom stereocenters. The molecule has 31 heavy (non-hydrogen) atoms. The Hall–Kier alpha value is -2.02. The minimum Gasteiger partial charge on any atom is -0.480 e. The van der Waals surface area contributed by atoms with Gasteiger partial charge in [-0.15, -0.1) is 0 Å². The number of ether oxygens (including phenoxy) is 1. The van der Waals surface area contributed by atoms with Crippen LogP contribution in [0.3, 0.4) is 0 Å². The molecule has 174 valence electrons. The summed E-state index contributed by atoms with van der Waals surface area (Å²) in [6.45, 7) is 8.48. The molecule has 0 aromatic heterocycles. The molecule has 0 heterocycles. The smallest absolute Gasteiger partial charge is 0.327 e. The first-order valence-electron chi connectivity index (χ1n) is 10.8. The Morgan fingerprint density at radius 3 is 2.13 bits per heavy atom. The quantitative estimate of drug-likeness (QED) is 0.173.